The first-order valence-electron chi connectivity index (χ1n) is 9.35. The molecule has 0 saturated carbocycles. The Morgan fingerprint density at radius 3 is 2.35 bits per heavy atom. The molecule has 1 aliphatic heterocycles. The maximum atomic E-state index is 12.8. The van der Waals surface area contributed by atoms with Crippen molar-refractivity contribution < 1.29 is 19.2 Å². The van der Waals surface area contributed by atoms with Crippen molar-refractivity contribution >= 4 is 17.5 Å². The van der Waals surface area contributed by atoms with Gasteiger partial charge in [-0.25, -0.2) is 0 Å². The highest BCUT2D eigenvalue weighted by Gasteiger charge is 2.32. The third kappa shape index (κ3) is 5.46. The van der Waals surface area contributed by atoms with Crippen molar-refractivity contribution in [2.24, 2.45) is 11.8 Å². The highest BCUT2D eigenvalue weighted by atomic mass is 16.5. The first kappa shape index (κ1) is 20.2. The average molecular weight is 362 g/mol. The zero-order valence-electron chi connectivity index (χ0n) is 16.5. The van der Waals surface area contributed by atoms with Crippen LogP contribution in [0.4, 0.5) is 5.69 Å². The molecule has 0 bridgehead atoms. The fourth-order valence-corrected chi connectivity index (χ4v) is 3.61. The SMILES string of the molecule is COc1ccc(NC(=O)C[NH+](C)[C@H](C)C(=O)N2C[C@H](C)C[C@H](C)C2)cc1. The Labute approximate surface area is 156 Å². The lowest BCUT2D eigenvalue weighted by Gasteiger charge is -2.36. The zero-order valence-corrected chi connectivity index (χ0v) is 16.5. The number of ether oxygens (including phenoxy) is 1. The van der Waals surface area contributed by atoms with Gasteiger partial charge in [0.2, 0.25) is 0 Å². The summed E-state index contributed by atoms with van der Waals surface area (Å²) in [6.07, 6.45) is 1.17. The van der Waals surface area contributed by atoms with Crippen molar-refractivity contribution in [3.05, 3.63) is 24.3 Å². The summed E-state index contributed by atoms with van der Waals surface area (Å²) in [6, 6.07) is 6.97. The molecule has 1 unspecified atom stereocenters. The number of carbonyl (C=O) groups excluding carboxylic acids is 2. The number of anilines is 1. The van der Waals surface area contributed by atoms with E-state index >= 15 is 0 Å². The van der Waals surface area contributed by atoms with Crippen LogP contribution in [0.3, 0.4) is 0 Å². The van der Waals surface area contributed by atoms with E-state index in [0.29, 0.717) is 11.8 Å². The second kappa shape index (κ2) is 9.03. The second-order valence-electron chi connectivity index (χ2n) is 7.71. The van der Waals surface area contributed by atoms with Crippen LogP contribution in [0.15, 0.2) is 24.3 Å². The number of likely N-dealkylation sites (N-methyl/N-ethyl adjacent to an activating group) is 1. The van der Waals surface area contributed by atoms with E-state index in [2.05, 4.69) is 19.2 Å². The molecule has 26 heavy (non-hydrogen) atoms. The monoisotopic (exact) mass is 362 g/mol. The average Bonchev–Trinajstić information content (AvgIpc) is 2.60. The minimum Gasteiger partial charge on any atom is -0.497 e. The molecule has 2 N–H and O–H groups in total. The largest absolute Gasteiger partial charge is 0.497 e. The first-order chi connectivity index (χ1) is 12.3. The number of benzene rings is 1. The molecule has 1 saturated heterocycles. The zero-order chi connectivity index (χ0) is 19.3. The number of rotatable bonds is 6. The van der Waals surface area contributed by atoms with Gasteiger partial charge in [0.1, 0.15) is 5.75 Å². The van der Waals surface area contributed by atoms with Gasteiger partial charge in [-0.3, -0.25) is 9.59 Å². The molecule has 2 amide bonds. The third-order valence-corrected chi connectivity index (χ3v) is 5.10. The number of nitrogens with zero attached hydrogens (tertiary/aromatic N) is 1. The standard InChI is InChI=1S/C20H31N3O3/c1-14-10-15(2)12-23(11-14)20(25)16(3)22(4)13-19(24)21-17-6-8-18(26-5)9-7-17/h6-9,14-16H,10-13H2,1-5H3,(H,21,24)/p+1/t14-,15+,16-/m1/s1. The lowest BCUT2D eigenvalue weighted by atomic mass is 9.91. The summed E-state index contributed by atoms with van der Waals surface area (Å²) in [5, 5.41) is 2.87. The van der Waals surface area contributed by atoms with Gasteiger partial charge in [0, 0.05) is 18.8 Å². The van der Waals surface area contributed by atoms with Crippen molar-refractivity contribution in [2.75, 3.05) is 39.1 Å². The summed E-state index contributed by atoms with van der Waals surface area (Å²) in [4.78, 5) is 28.0. The van der Waals surface area contributed by atoms with Gasteiger partial charge in [-0.2, -0.15) is 0 Å². The van der Waals surface area contributed by atoms with Crippen LogP contribution in [0, 0.1) is 11.8 Å². The van der Waals surface area contributed by atoms with Crippen molar-refractivity contribution in [1.82, 2.24) is 4.90 Å². The van der Waals surface area contributed by atoms with Crippen LogP contribution in [0.1, 0.15) is 27.2 Å². The fourth-order valence-electron chi connectivity index (χ4n) is 3.61. The first-order valence-corrected chi connectivity index (χ1v) is 9.35. The Kier molecular flexibility index (Phi) is 7.03. The lowest BCUT2D eigenvalue weighted by Crippen LogP contribution is -3.15. The van der Waals surface area contributed by atoms with E-state index in [-0.39, 0.29) is 24.4 Å². The molecular formula is C20H32N3O3+. The highest BCUT2D eigenvalue weighted by molar-refractivity contribution is 5.91. The topological polar surface area (TPSA) is 63.1 Å². The maximum Gasteiger partial charge on any atom is 0.280 e. The van der Waals surface area contributed by atoms with Gasteiger partial charge in [-0.15, -0.1) is 0 Å². The number of hydrogen-bond donors (Lipinski definition) is 2. The van der Waals surface area contributed by atoms with Crippen molar-refractivity contribution in [3.63, 3.8) is 0 Å². The van der Waals surface area contributed by atoms with Gasteiger partial charge in [0.05, 0.1) is 14.2 Å². The van der Waals surface area contributed by atoms with E-state index in [9.17, 15) is 9.59 Å². The normalized spacial score (nSPS) is 22.4. The Balaban J connectivity index is 1.87. The Hall–Kier alpha value is -2.08. The predicted molar refractivity (Wildman–Crippen MR) is 102 cm³/mol. The number of methoxy groups -OCH3 is 1. The molecule has 0 spiro atoms. The molecule has 4 atom stereocenters. The maximum absolute atomic E-state index is 12.8. The quantitative estimate of drug-likeness (QED) is 0.795. The lowest BCUT2D eigenvalue weighted by molar-refractivity contribution is -0.886. The minimum absolute atomic E-state index is 0.104. The molecule has 1 heterocycles. The van der Waals surface area contributed by atoms with Crippen LogP contribution in [0.5, 0.6) is 5.75 Å². The van der Waals surface area contributed by atoms with Crippen molar-refractivity contribution in [3.8, 4) is 5.75 Å². The van der Waals surface area contributed by atoms with Gasteiger partial charge in [0.25, 0.3) is 11.8 Å². The van der Waals surface area contributed by atoms with Crippen molar-refractivity contribution in [2.45, 2.75) is 33.2 Å². The molecule has 6 heteroatoms. The van der Waals surface area contributed by atoms with Crippen LogP contribution in [0.2, 0.25) is 0 Å². The molecule has 0 radical (unpaired) electrons. The number of carbonyl (C=O) groups is 2. The molecule has 1 aromatic rings. The number of hydrogen-bond acceptors (Lipinski definition) is 3. The number of piperidine rings is 1. The van der Waals surface area contributed by atoms with E-state index in [4.69, 9.17) is 4.74 Å². The van der Waals surface area contributed by atoms with Gasteiger partial charge in [-0.1, -0.05) is 13.8 Å². The van der Waals surface area contributed by atoms with E-state index in [1.807, 2.05) is 18.9 Å². The van der Waals surface area contributed by atoms with Gasteiger partial charge >= 0.3 is 0 Å². The van der Waals surface area contributed by atoms with Crippen LogP contribution in [-0.2, 0) is 9.59 Å². The summed E-state index contributed by atoms with van der Waals surface area (Å²) in [5.41, 5.74) is 0.723. The van der Waals surface area contributed by atoms with E-state index in [1.165, 1.54) is 6.42 Å². The van der Waals surface area contributed by atoms with Gasteiger partial charge in [0.15, 0.2) is 12.6 Å². The van der Waals surface area contributed by atoms with Gasteiger partial charge in [-0.05, 0) is 49.4 Å². The highest BCUT2D eigenvalue weighted by Crippen LogP contribution is 2.21. The molecule has 6 nitrogen and oxygen atoms in total. The molecule has 1 aliphatic rings. The minimum atomic E-state index is -0.242. The van der Waals surface area contributed by atoms with Crippen LogP contribution in [-0.4, -0.2) is 56.5 Å². The van der Waals surface area contributed by atoms with Crippen LogP contribution < -0.4 is 15.0 Å². The second-order valence-corrected chi connectivity index (χ2v) is 7.71. The Morgan fingerprint density at radius 1 is 1.23 bits per heavy atom. The Morgan fingerprint density at radius 2 is 1.81 bits per heavy atom. The summed E-state index contributed by atoms with van der Waals surface area (Å²) in [6.45, 7) is 8.18. The number of quaternary nitrogens is 1. The summed E-state index contributed by atoms with van der Waals surface area (Å²) >= 11 is 0. The van der Waals surface area contributed by atoms with Crippen LogP contribution in [0.25, 0.3) is 0 Å². The number of likely N-dealkylation sites (tertiary alicyclic amines) is 1. The molecule has 2 rings (SSSR count). The summed E-state index contributed by atoms with van der Waals surface area (Å²) in [5.74, 6) is 1.85. The summed E-state index contributed by atoms with van der Waals surface area (Å²) in [7, 11) is 3.50. The van der Waals surface area contributed by atoms with E-state index in [1.54, 1.807) is 31.4 Å². The fraction of sp³-hybridized carbons (Fsp3) is 0.600. The molecule has 1 aromatic carbocycles. The Bertz CT molecular complexity index is 607. The van der Waals surface area contributed by atoms with Crippen molar-refractivity contribution in [1.29, 1.82) is 0 Å². The molecule has 0 aromatic heterocycles. The molecular weight excluding hydrogens is 330 g/mol. The predicted octanol–water partition coefficient (Wildman–Crippen LogP) is 1.04. The smallest absolute Gasteiger partial charge is 0.280 e. The molecule has 0 aliphatic carbocycles. The van der Waals surface area contributed by atoms with Gasteiger partial charge < -0.3 is 19.9 Å². The van der Waals surface area contributed by atoms with E-state index in [0.717, 1.165) is 29.4 Å². The number of amides is 2. The van der Waals surface area contributed by atoms with E-state index < -0.39 is 0 Å². The van der Waals surface area contributed by atoms with Crippen LogP contribution >= 0.6 is 0 Å². The number of nitrogens with one attached hydrogen (secondary N) is 2. The summed E-state index contributed by atoms with van der Waals surface area (Å²) < 4.78 is 5.11. The molecule has 144 valence electrons. The molecule has 1 fully saturated rings. The third-order valence-electron chi connectivity index (χ3n) is 5.10.